The van der Waals surface area contributed by atoms with Crippen molar-refractivity contribution < 1.29 is 13.3 Å². The van der Waals surface area contributed by atoms with Gasteiger partial charge < -0.3 is 5.32 Å². The monoisotopic (exact) mass is 169 g/mol. The summed E-state index contributed by atoms with van der Waals surface area (Å²) in [6, 6.07) is 0. The summed E-state index contributed by atoms with van der Waals surface area (Å²) in [7, 11) is -2.23. The molecule has 1 N–H and O–H groups in total. The summed E-state index contributed by atoms with van der Waals surface area (Å²) in [5.74, 6) is 0. The molecule has 5 heteroatoms. The normalized spacial score (nSPS) is 10.6. The van der Waals surface area contributed by atoms with Gasteiger partial charge in [0, 0.05) is 6.44 Å². The molecule has 68 valence electrons. The molecule has 0 radical (unpaired) electrons. The lowest BCUT2D eigenvalue weighted by Crippen LogP contribution is -2.32. The van der Waals surface area contributed by atoms with Crippen molar-refractivity contribution in [3.63, 3.8) is 0 Å². The molecule has 0 fully saturated rings. The van der Waals surface area contributed by atoms with Gasteiger partial charge in [-0.1, -0.05) is 20.8 Å². The molecular formula is C6H15BF3N. The number of hydrogen-bond acceptors (Lipinski definition) is 1. The fraction of sp³-hybridized carbons (Fsp3) is 1.00. The molecule has 0 unspecified atom stereocenters. The zero-order valence-electron chi connectivity index (χ0n) is 7.16. The Hall–Kier alpha value is -0.185. The van der Waals surface area contributed by atoms with Crippen LogP contribution >= 0.6 is 0 Å². The van der Waals surface area contributed by atoms with Crippen molar-refractivity contribution in [3.8, 4) is 0 Å². The summed E-state index contributed by atoms with van der Waals surface area (Å²) in [6.07, 6.45) is -0.197. The Labute approximate surface area is 66.1 Å². The van der Waals surface area contributed by atoms with E-state index in [0.717, 1.165) is 0 Å². The molecule has 0 bridgehead atoms. The van der Waals surface area contributed by atoms with Gasteiger partial charge in [0.15, 0.2) is 0 Å². The Morgan fingerprint density at radius 1 is 1.27 bits per heavy atom. The molecule has 0 aromatic carbocycles. The molecule has 1 nitrogen and oxygen atoms in total. The average Bonchev–Trinajstić information content (AvgIpc) is 1.59. The first-order valence-corrected chi connectivity index (χ1v) is 3.41. The van der Waals surface area contributed by atoms with Crippen LogP contribution in [0.25, 0.3) is 0 Å². The summed E-state index contributed by atoms with van der Waals surface area (Å²) in [6.45, 7) is 6.65. The molecule has 0 rings (SSSR count). The third-order valence-corrected chi connectivity index (χ3v) is 0.954. The lowest BCUT2D eigenvalue weighted by molar-refractivity contribution is 0.387. The molecule has 11 heavy (non-hydrogen) atoms. The highest BCUT2D eigenvalue weighted by atomic mass is 19.2. The largest absolute Gasteiger partial charge is 0.551 e. The van der Waals surface area contributed by atoms with Gasteiger partial charge >= 0.3 is 7.27 Å². The quantitative estimate of drug-likeness (QED) is 0.634. The lowest BCUT2D eigenvalue weighted by Gasteiger charge is -2.17. The zero-order valence-corrected chi connectivity index (χ0v) is 7.16. The van der Waals surface area contributed by atoms with E-state index in [0.29, 0.717) is 6.54 Å². The topological polar surface area (TPSA) is 12.0 Å². The third kappa shape index (κ3) is 12.9. The molecule has 0 heterocycles. The molecule has 0 spiro atoms. The van der Waals surface area contributed by atoms with E-state index in [1.165, 1.54) is 0 Å². The van der Waals surface area contributed by atoms with Gasteiger partial charge in [-0.15, -0.1) is 0 Å². The van der Waals surface area contributed by atoms with Crippen LogP contribution in [0.1, 0.15) is 20.8 Å². The maximum Gasteiger partial charge on any atom is 0.551 e. The SMILES string of the molecule is CC(C)(C)CNCB(F)F.F. The third-order valence-electron chi connectivity index (χ3n) is 0.954. The summed E-state index contributed by atoms with van der Waals surface area (Å²) < 4.78 is 23.1. The van der Waals surface area contributed by atoms with Crippen LogP contribution in [-0.4, -0.2) is 20.3 Å². The maximum absolute atomic E-state index is 11.5. The summed E-state index contributed by atoms with van der Waals surface area (Å²) >= 11 is 0. The molecule has 0 amide bonds. The van der Waals surface area contributed by atoms with Gasteiger partial charge in [-0.3, -0.25) is 13.3 Å². The summed E-state index contributed by atoms with van der Waals surface area (Å²) in [5, 5.41) is 2.67. The van der Waals surface area contributed by atoms with Gasteiger partial charge in [-0.2, -0.15) is 0 Å². The molecule has 0 saturated carbocycles. The number of halogens is 3. The molecule has 0 saturated heterocycles. The first-order valence-electron chi connectivity index (χ1n) is 3.41. The van der Waals surface area contributed by atoms with Gasteiger partial charge in [0.05, 0.1) is 0 Å². The Balaban J connectivity index is 0. The molecule has 0 aliphatic heterocycles. The highest BCUT2D eigenvalue weighted by molar-refractivity contribution is 6.42. The Morgan fingerprint density at radius 2 is 1.73 bits per heavy atom. The number of hydrogen-bond donors (Lipinski definition) is 1. The van der Waals surface area contributed by atoms with Crippen molar-refractivity contribution in [2.45, 2.75) is 20.8 Å². The Bertz CT molecular complexity index is 92.3. The second-order valence-corrected chi connectivity index (χ2v) is 3.58. The lowest BCUT2D eigenvalue weighted by atomic mass is 9.94. The summed E-state index contributed by atoms with van der Waals surface area (Å²) in [5.41, 5.74) is 0.0922. The minimum Gasteiger partial charge on any atom is -0.318 e. The molecule has 0 aliphatic carbocycles. The smallest absolute Gasteiger partial charge is 0.318 e. The Morgan fingerprint density at radius 3 is 2.00 bits per heavy atom. The average molecular weight is 169 g/mol. The van der Waals surface area contributed by atoms with Crippen LogP contribution in [-0.2, 0) is 0 Å². The van der Waals surface area contributed by atoms with Gasteiger partial charge in [-0.05, 0) is 12.0 Å². The molecule has 0 atom stereocenters. The fourth-order valence-electron chi connectivity index (χ4n) is 0.556. The van der Waals surface area contributed by atoms with Crippen LogP contribution in [0.4, 0.5) is 13.3 Å². The molecule has 0 aromatic heterocycles. The maximum atomic E-state index is 11.5. The molecule has 0 aromatic rings. The van der Waals surface area contributed by atoms with Crippen LogP contribution in [0, 0.1) is 5.41 Å². The van der Waals surface area contributed by atoms with E-state index in [-0.39, 0.29) is 16.6 Å². The van der Waals surface area contributed by atoms with Gasteiger partial charge in [0.2, 0.25) is 0 Å². The minimum atomic E-state index is -2.23. The van der Waals surface area contributed by atoms with E-state index in [1.807, 2.05) is 20.8 Å². The highest BCUT2D eigenvalue weighted by Crippen LogP contribution is 2.09. The number of nitrogens with one attached hydrogen (secondary N) is 1. The van der Waals surface area contributed by atoms with Gasteiger partial charge in [0.1, 0.15) is 0 Å². The van der Waals surface area contributed by atoms with E-state index in [4.69, 9.17) is 0 Å². The Kier molecular flexibility index (Phi) is 6.66. The standard InChI is InChI=1S/C6H14BF2N.FH/c1-6(2,3)4-10-5-7(8)9;/h10H,4-5H2,1-3H3;1H. The predicted octanol–water partition coefficient (Wildman–Crippen LogP) is 1.74. The van der Waals surface area contributed by atoms with Gasteiger partial charge in [-0.25, -0.2) is 0 Å². The van der Waals surface area contributed by atoms with Crippen molar-refractivity contribution in [1.29, 1.82) is 0 Å². The fourth-order valence-corrected chi connectivity index (χ4v) is 0.556. The van der Waals surface area contributed by atoms with Crippen molar-refractivity contribution >= 4 is 7.27 Å². The zero-order chi connectivity index (χ0) is 8.20. The van der Waals surface area contributed by atoms with Crippen molar-refractivity contribution in [1.82, 2.24) is 5.32 Å². The van der Waals surface area contributed by atoms with Crippen LogP contribution < -0.4 is 5.32 Å². The minimum absolute atomic E-state index is 0. The van der Waals surface area contributed by atoms with E-state index in [9.17, 15) is 8.63 Å². The van der Waals surface area contributed by atoms with Crippen molar-refractivity contribution in [2.75, 3.05) is 13.0 Å². The first-order chi connectivity index (χ1) is 4.42. The number of rotatable bonds is 3. The van der Waals surface area contributed by atoms with Crippen LogP contribution in [0.2, 0.25) is 0 Å². The van der Waals surface area contributed by atoms with Crippen LogP contribution in [0.15, 0.2) is 0 Å². The van der Waals surface area contributed by atoms with Crippen LogP contribution in [0.3, 0.4) is 0 Å². The van der Waals surface area contributed by atoms with E-state index in [2.05, 4.69) is 5.32 Å². The first kappa shape index (κ1) is 13.4. The van der Waals surface area contributed by atoms with Gasteiger partial charge in [0.25, 0.3) is 0 Å². The van der Waals surface area contributed by atoms with E-state index in [1.54, 1.807) is 0 Å². The van der Waals surface area contributed by atoms with Crippen LogP contribution in [0.5, 0.6) is 0 Å². The van der Waals surface area contributed by atoms with E-state index >= 15 is 0 Å². The highest BCUT2D eigenvalue weighted by Gasteiger charge is 2.14. The predicted molar refractivity (Wildman–Crippen MR) is 42.8 cm³/mol. The van der Waals surface area contributed by atoms with E-state index < -0.39 is 7.27 Å². The second kappa shape index (κ2) is 5.46. The van der Waals surface area contributed by atoms with Crippen molar-refractivity contribution in [3.05, 3.63) is 0 Å². The molecule has 0 aliphatic rings. The summed E-state index contributed by atoms with van der Waals surface area (Å²) in [4.78, 5) is 0. The van der Waals surface area contributed by atoms with Crippen molar-refractivity contribution in [2.24, 2.45) is 5.41 Å². The second-order valence-electron chi connectivity index (χ2n) is 3.58. The molecular weight excluding hydrogens is 154 g/mol.